The monoisotopic (exact) mass is 382 g/mol. The van der Waals surface area contributed by atoms with E-state index in [9.17, 15) is 9.59 Å². The van der Waals surface area contributed by atoms with E-state index in [1.54, 1.807) is 6.07 Å². The molecule has 1 N–H and O–H groups in total. The zero-order valence-electron chi connectivity index (χ0n) is 14.6. The van der Waals surface area contributed by atoms with Crippen molar-refractivity contribution >= 4 is 27.5 Å². The van der Waals surface area contributed by atoms with Gasteiger partial charge >= 0.3 is 0 Å². The van der Waals surface area contributed by atoms with E-state index in [0.29, 0.717) is 18.2 Å². The van der Waals surface area contributed by atoms with Gasteiger partial charge < -0.3 is 10.1 Å². The molecule has 8 heteroatoms. The van der Waals surface area contributed by atoms with E-state index in [0.717, 1.165) is 40.7 Å². The van der Waals surface area contributed by atoms with Crippen molar-refractivity contribution in [3.8, 4) is 0 Å². The molecular weight excluding hydrogens is 364 g/mol. The standard InChI is InChI=1S/C19H18N4O3S/c24-17-8-11-4-3-6-12(11)22-23(17)15-10-26-9-14(15)20-18(25)19-21-13-5-1-2-7-16(13)27-19/h1-2,5,7-8,14-15H,3-4,6,9-10H2,(H,20,25). The first kappa shape index (κ1) is 16.6. The van der Waals surface area contributed by atoms with Crippen LogP contribution in [0.4, 0.5) is 0 Å². The SMILES string of the molecule is O=C(NC1COCC1n1nc2c(cc1=O)CCC2)c1nc2ccccc2s1. The van der Waals surface area contributed by atoms with Gasteiger partial charge in [0.2, 0.25) is 0 Å². The number of carbonyl (C=O) groups excluding carboxylic acids is 1. The Kier molecular flexibility index (Phi) is 4.02. The van der Waals surface area contributed by atoms with Gasteiger partial charge in [-0.2, -0.15) is 5.10 Å². The van der Waals surface area contributed by atoms with Crippen LogP contribution >= 0.6 is 11.3 Å². The number of amides is 1. The first-order chi connectivity index (χ1) is 13.2. The number of fused-ring (bicyclic) bond motifs is 2. The van der Waals surface area contributed by atoms with Gasteiger partial charge in [0, 0.05) is 6.07 Å². The number of carbonyl (C=O) groups is 1. The molecule has 1 aliphatic carbocycles. The van der Waals surface area contributed by atoms with Gasteiger partial charge in [-0.05, 0) is 37.0 Å². The number of hydrogen-bond acceptors (Lipinski definition) is 6. The first-order valence-electron chi connectivity index (χ1n) is 9.05. The van der Waals surface area contributed by atoms with Crippen molar-refractivity contribution in [2.24, 2.45) is 0 Å². The Hall–Kier alpha value is -2.58. The predicted octanol–water partition coefficient (Wildman–Crippen LogP) is 1.71. The summed E-state index contributed by atoms with van der Waals surface area (Å²) in [6.45, 7) is 0.711. The number of benzene rings is 1. The van der Waals surface area contributed by atoms with Crippen molar-refractivity contribution in [3.63, 3.8) is 0 Å². The maximum Gasteiger partial charge on any atom is 0.280 e. The molecule has 5 rings (SSSR count). The molecule has 0 bridgehead atoms. The molecule has 0 radical (unpaired) electrons. The molecule has 27 heavy (non-hydrogen) atoms. The molecule has 2 atom stereocenters. The Morgan fingerprint density at radius 1 is 1.26 bits per heavy atom. The zero-order chi connectivity index (χ0) is 18.4. The Morgan fingerprint density at radius 2 is 2.15 bits per heavy atom. The maximum atomic E-state index is 12.7. The molecule has 138 valence electrons. The summed E-state index contributed by atoms with van der Waals surface area (Å²) in [4.78, 5) is 29.6. The van der Waals surface area contributed by atoms with Gasteiger partial charge in [0.25, 0.3) is 11.5 Å². The van der Waals surface area contributed by atoms with Crippen LogP contribution in [0.2, 0.25) is 0 Å². The first-order valence-corrected chi connectivity index (χ1v) is 9.86. The third-order valence-corrected chi connectivity index (χ3v) is 6.19. The van der Waals surface area contributed by atoms with Gasteiger partial charge in [-0.15, -0.1) is 11.3 Å². The van der Waals surface area contributed by atoms with Crippen molar-refractivity contribution in [1.82, 2.24) is 20.1 Å². The molecule has 3 heterocycles. The lowest BCUT2D eigenvalue weighted by molar-refractivity contribution is 0.0924. The van der Waals surface area contributed by atoms with Crippen LogP contribution in [-0.4, -0.2) is 39.9 Å². The van der Waals surface area contributed by atoms with Crippen LogP contribution in [0.1, 0.15) is 33.5 Å². The second-order valence-electron chi connectivity index (χ2n) is 6.92. The Labute approximate surface area is 159 Å². The minimum atomic E-state index is -0.311. The van der Waals surface area contributed by atoms with Crippen LogP contribution in [0.3, 0.4) is 0 Å². The van der Waals surface area contributed by atoms with Crippen molar-refractivity contribution in [3.05, 3.63) is 57.0 Å². The smallest absolute Gasteiger partial charge is 0.280 e. The summed E-state index contributed by atoms with van der Waals surface area (Å²) in [7, 11) is 0. The molecule has 3 aromatic rings. The molecule has 0 saturated carbocycles. The fourth-order valence-electron chi connectivity index (χ4n) is 3.77. The minimum absolute atomic E-state index is 0.134. The highest BCUT2D eigenvalue weighted by molar-refractivity contribution is 7.20. The molecule has 1 aromatic carbocycles. The van der Waals surface area contributed by atoms with Crippen molar-refractivity contribution in [1.29, 1.82) is 0 Å². The lowest BCUT2D eigenvalue weighted by atomic mass is 10.1. The van der Waals surface area contributed by atoms with E-state index in [4.69, 9.17) is 4.74 Å². The third-order valence-electron chi connectivity index (χ3n) is 5.15. The molecule has 2 aliphatic rings. The van der Waals surface area contributed by atoms with Gasteiger partial charge in [-0.25, -0.2) is 9.67 Å². The number of aromatic nitrogens is 3. The Morgan fingerprint density at radius 3 is 3.04 bits per heavy atom. The quantitative estimate of drug-likeness (QED) is 0.745. The van der Waals surface area contributed by atoms with Crippen LogP contribution < -0.4 is 10.9 Å². The van der Waals surface area contributed by atoms with Crippen LogP contribution in [-0.2, 0) is 17.6 Å². The fourth-order valence-corrected chi connectivity index (χ4v) is 4.64. The highest BCUT2D eigenvalue weighted by Crippen LogP contribution is 2.24. The van der Waals surface area contributed by atoms with Crippen LogP contribution in [0, 0.1) is 0 Å². The second kappa shape index (κ2) is 6.54. The summed E-state index contributed by atoms with van der Waals surface area (Å²) >= 11 is 1.36. The second-order valence-corrected chi connectivity index (χ2v) is 7.95. The molecule has 1 aliphatic heterocycles. The number of nitrogens with one attached hydrogen (secondary N) is 1. The minimum Gasteiger partial charge on any atom is -0.377 e. The van der Waals surface area contributed by atoms with Gasteiger partial charge in [0.05, 0.1) is 35.2 Å². The summed E-state index contributed by atoms with van der Waals surface area (Å²) in [6, 6.07) is 8.72. The third kappa shape index (κ3) is 2.94. The number of para-hydroxylation sites is 1. The lowest BCUT2D eigenvalue weighted by Crippen LogP contribution is -2.44. The van der Waals surface area contributed by atoms with Crippen molar-refractivity contribution in [2.75, 3.05) is 13.2 Å². The Balaban J connectivity index is 1.40. The molecule has 1 fully saturated rings. The largest absolute Gasteiger partial charge is 0.377 e. The summed E-state index contributed by atoms with van der Waals surface area (Å²) in [5.74, 6) is -0.245. The number of rotatable bonds is 3. The summed E-state index contributed by atoms with van der Waals surface area (Å²) < 4.78 is 8.02. The molecule has 2 aromatic heterocycles. The average molecular weight is 382 g/mol. The highest BCUT2D eigenvalue weighted by Gasteiger charge is 2.34. The zero-order valence-corrected chi connectivity index (χ0v) is 15.4. The molecule has 7 nitrogen and oxygen atoms in total. The number of aryl methyl sites for hydroxylation is 2. The van der Waals surface area contributed by atoms with Crippen LogP contribution in [0.15, 0.2) is 35.1 Å². The van der Waals surface area contributed by atoms with Crippen molar-refractivity contribution in [2.45, 2.75) is 31.3 Å². The molecule has 1 amide bonds. The summed E-state index contributed by atoms with van der Waals surface area (Å²) in [6.07, 6.45) is 2.84. The van der Waals surface area contributed by atoms with Crippen LogP contribution in [0.25, 0.3) is 10.2 Å². The van der Waals surface area contributed by atoms with E-state index in [-0.39, 0.29) is 23.6 Å². The number of hydrogen-bond donors (Lipinski definition) is 1. The van der Waals surface area contributed by atoms with Gasteiger partial charge in [-0.3, -0.25) is 9.59 Å². The van der Waals surface area contributed by atoms with Gasteiger partial charge in [0.1, 0.15) is 6.04 Å². The highest BCUT2D eigenvalue weighted by atomic mass is 32.1. The van der Waals surface area contributed by atoms with Crippen molar-refractivity contribution < 1.29 is 9.53 Å². The average Bonchev–Trinajstić information content (AvgIpc) is 3.39. The summed E-state index contributed by atoms with van der Waals surface area (Å²) in [5, 5.41) is 7.96. The lowest BCUT2D eigenvalue weighted by Gasteiger charge is -2.20. The molecule has 0 spiro atoms. The topological polar surface area (TPSA) is 86.1 Å². The number of nitrogens with zero attached hydrogens (tertiary/aromatic N) is 3. The van der Waals surface area contributed by atoms with E-state index in [1.807, 2.05) is 24.3 Å². The molecule has 2 unspecified atom stereocenters. The van der Waals surface area contributed by atoms with Gasteiger partial charge in [0.15, 0.2) is 5.01 Å². The van der Waals surface area contributed by atoms with Gasteiger partial charge in [-0.1, -0.05) is 12.1 Å². The normalized spacial score (nSPS) is 21.5. The Bertz CT molecular complexity index is 1060. The van der Waals surface area contributed by atoms with E-state index < -0.39 is 0 Å². The van der Waals surface area contributed by atoms with E-state index in [1.165, 1.54) is 16.0 Å². The molecule has 1 saturated heterocycles. The maximum absolute atomic E-state index is 12.7. The van der Waals surface area contributed by atoms with Crippen LogP contribution in [0.5, 0.6) is 0 Å². The predicted molar refractivity (Wildman–Crippen MR) is 101 cm³/mol. The van der Waals surface area contributed by atoms with E-state index >= 15 is 0 Å². The number of ether oxygens (including phenoxy) is 1. The fraction of sp³-hybridized carbons (Fsp3) is 0.368. The molecular formula is C19H18N4O3S. The van der Waals surface area contributed by atoms with E-state index in [2.05, 4.69) is 15.4 Å². The number of thiazole rings is 1. The summed E-state index contributed by atoms with van der Waals surface area (Å²) in [5.41, 5.74) is 2.71.